The normalized spacial score (nSPS) is 14.5. The van der Waals surface area contributed by atoms with E-state index >= 15 is 0 Å². The van der Waals surface area contributed by atoms with Crippen molar-refractivity contribution in [3.05, 3.63) is 57.3 Å². The molecule has 6 nitrogen and oxygen atoms in total. The van der Waals surface area contributed by atoms with Crippen molar-refractivity contribution in [2.45, 2.75) is 19.5 Å². The van der Waals surface area contributed by atoms with E-state index in [0.29, 0.717) is 12.1 Å². The average molecular weight is 400 g/mol. The SMILES string of the molecule is CN=C(NCCN1CCc2sccc2C1)NCc1ccc(C(=O)N(C)C)cc1. The number of hydrogen-bond donors (Lipinski definition) is 2. The molecule has 0 aliphatic carbocycles. The second-order valence-electron chi connectivity index (χ2n) is 7.14. The van der Waals surface area contributed by atoms with Crippen LogP contribution in [0.5, 0.6) is 0 Å². The molecule has 0 spiro atoms. The predicted octanol–water partition coefficient (Wildman–Crippen LogP) is 2.17. The smallest absolute Gasteiger partial charge is 0.253 e. The van der Waals surface area contributed by atoms with Crippen molar-refractivity contribution in [3.8, 4) is 0 Å². The van der Waals surface area contributed by atoms with Crippen LogP contribution in [0.2, 0.25) is 0 Å². The van der Waals surface area contributed by atoms with Gasteiger partial charge in [0, 0.05) is 64.3 Å². The zero-order valence-electron chi connectivity index (χ0n) is 16.9. The maximum atomic E-state index is 11.9. The fourth-order valence-corrected chi connectivity index (χ4v) is 4.15. The van der Waals surface area contributed by atoms with Crippen LogP contribution >= 0.6 is 11.3 Å². The van der Waals surface area contributed by atoms with Crippen LogP contribution in [-0.2, 0) is 19.5 Å². The van der Waals surface area contributed by atoms with Gasteiger partial charge in [-0.3, -0.25) is 14.7 Å². The standard InChI is InChI=1S/C21H29N5OS/c1-22-21(23-10-12-26-11-8-19-18(15-26)9-13-28-19)24-14-16-4-6-17(7-5-16)20(27)25(2)3/h4-7,9,13H,8,10-12,14-15H2,1-3H3,(H2,22,23,24). The first-order valence-electron chi connectivity index (χ1n) is 9.59. The summed E-state index contributed by atoms with van der Waals surface area (Å²) in [5, 5.41) is 8.92. The van der Waals surface area contributed by atoms with Crippen LogP contribution in [0.4, 0.5) is 0 Å². The number of hydrogen-bond acceptors (Lipinski definition) is 4. The van der Waals surface area contributed by atoms with Gasteiger partial charge in [-0.25, -0.2) is 0 Å². The summed E-state index contributed by atoms with van der Waals surface area (Å²) in [6, 6.07) is 9.93. The first-order valence-corrected chi connectivity index (χ1v) is 10.5. The average Bonchev–Trinajstić information content (AvgIpc) is 3.18. The van der Waals surface area contributed by atoms with E-state index in [0.717, 1.165) is 44.1 Å². The van der Waals surface area contributed by atoms with E-state index in [9.17, 15) is 4.79 Å². The van der Waals surface area contributed by atoms with Gasteiger partial charge < -0.3 is 15.5 Å². The molecule has 1 aliphatic heterocycles. The fraction of sp³-hybridized carbons (Fsp3) is 0.429. The molecule has 0 unspecified atom stereocenters. The molecule has 1 aliphatic rings. The molecule has 2 aromatic rings. The molecule has 0 saturated heterocycles. The third-order valence-corrected chi connectivity index (χ3v) is 5.92. The number of rotatable bonds is 6. The Morgan fingerprint density at radius 2 is 2.00 bits per heavy atom. The van der Waals surface area contributed by atoms with Crippen LogP contribution in [0.25, 0.3) is 0 Å². The third-order valence-electron chi connectivity index (χ3n) is 4.90. The quantitative estimate of drug-likeness (QED) is 0.577. The highest BCUT2D eigenvalue weighted by molar-refractivity contribution is 7.10. The van der Waals surface area contributed by atoms with Crippen molar-refractivity contribution in [1.29, 1.82) is 0 Å². The first-order chi connectivity index (χ1) is 13.6. The zero-order chi connectivity index (χ0) is 19.9. The Bertz CT molecular complexity index is 812. The predicted molar refractivity (Wildman–Crippen MR) is 116 cm³/mol. The van der Waals surface area contributed by atoms with Crippen LogP contribution in [-0.4, -0.2) is 62.4 Å². The molecule has 1 amide bonds. The van der Waals surface area contributed by atoms with E-state index in [1.807, 2.05) is 35.6 Å². The van der Waals surface area contributed by atoms with Crippen molar-refractivity contribution in [2.24, 2.45) is 4.99 Å². The number of carbonyl (C=O) groups excluding carboxylic acids is 1. The monoisotopic (exact) mass is 399 g/mol. The fourth-order valence-electron chi connectivity index (χ4n) is 3.26. The number of benzene rings is 1. The van der Waals surface area contributed by atoms with Gasteiger partial charge in [-0.2, -0.15) is 0 Å². The molecule has 0 saturated carbocycles. The maximum absolute atomic E-state index is 11.9. The molecule has 2 heterocycles. The van der Waals surface area contributed by atoms with Gasteiger partial charge in [-0.05, 0) is 41.1 Å². The molecule has 7 heteroatoms. The summed E-state index contributed by atoms with van der Waals surface area (Å²) in [6.07, 6.45) is 1.16. The van der Waals surface area contributed by atoms with Gasteiger partial charge in [-0.1, -0.05) is 12.1 Å². The van der Waals surface area contributed by atoms with Crippen molar-refractivity contribution >= 4 is 23.2 Å². The number of carbonyl (C=O) groups is 1. The minimum atomic E-state index is 0.0178. The van der Waals surface area contributed by atoms with Crippen LogP contribution in [0.1, 0.15) is 26.4 Å². The van der Waals surface area contributed by atoms with Crippen molar-refractivity contribution in [2.75, 3.05) is 40.8 Å². The molecule has 1 aromatic heterocycles. The Morgan fingerprint density at radius 3 is 2.71 bits per heavy atom. The van der Waals surface area contributed by atoms with Gasteiger partial charge in [0.15, 0.2) is 5.96 Å². The minimum Gasteiger partial charge on any atom is -0.355 e. The number of aliphatic imine (C=N–C) groups is 1. The Kier molecular flexibility index (Phi) is 7.06. The summed E-state index contributed by atoms with van der Waals surface area (Å²) < 4.78 is 0. The highest BCUT2D eigenvalue weighted by Gasteiger charge is 2.16. The summed E-state index contributed by atoms with van der Waals surface area (Å²) in [5.41, 5.74) is 3.29. The molecular formula is C21H29N5OS. The van der Waals surface area contributed by atoms with Gasteiger partial charge in [-0.15, -0.1) is 11.3 Å². The van der Waals surface area contributed by atoms with E-state index < -0.39 is 0 Å². The van der Waals surface area contributed by atoms with Gasteiger partial charge in [0.05, 0.1) is 0 Å². The lowest BCUT2D eigenvalue weighted by atomic mass is 10.1. The van der Waals surface area contributed by atoms with Crippen molar-refractivity contribution in [1.82, 2.24) is 20.4 Å². The molecule has 3 rings (SSSR count). The Balaban J connectivity index is 1.41. The van der Waals surface area contributed by atoms with E-state index in [-0.39, 0.29) is 5.91 Å². The number of nitrogens with zero attached hydrogens (tertiary/aromatic N) is 3. The lowest BCUT2D eigenvalue weighted by Gasteiger charge is -2.27. The molecule has 2 N–H and O–H groups in total. The Morgan fingerprint density at radius 1 is 1.21 bits per heavy atom. The molecule has 28 heavy (non-hydrogen) atoms. The number of amides is 1. The summed E-state index contributed by atoms with van der Waals surface area (Å²) >= 11 is 1.88. The van der Waals surface area contributed by atoms with E-state index in [1.165, 1.54) is 5.56 Å². The zero-order valence-corrected chi connectivity index (χ0v) is 17.7. The molecular weight excluding hydrogens is 370 g/mol. The molecule has 1 aromatic carbocycles. The lowest BCUT2D eigenvalue weighted by molar-refractivity contribution is 0.0827. The summed E-state index contributed by atoms with van der Waals surface area (Å²) in [4.78, 5) is 21.9. The third kappa shape index (κ3) is 5.33. The van der Waals surface area contributed by atoms with E-state index in [1.54, 1.807) is 30.9 Å². The summed E-state index contributed by atoms with van der Waals surface area (Å²) in [7, 11) is 5.31. The molecule has 0 radical (unpaired) electrons. The minimum absolute atomic E-state index is 0.0178. The maximum Gasteiger partial charge on any atom is 0.253 e. The second-order valence-corrected chi connectivity index (χ2v) is 8.14. The van der Waals surface area contributed by atoms with Gasteiger partial charge in [0.2, 0.25) is 0 Å². The van der Waals surface area contributed by atoms with Crippen LogP contribution in [0.15, 0.2) is 40.7 Å². The van der Waals surface area contributed by atoms with Gasteiger partial charge in [0.25, 0.3) is 5.91 Å². The Hall–Kier alpha value is -2.38. The summed E-state index contributed by atoms with van der Waals surface area (Å²) in [6.45, 7) is 4.69. The number of thiophene rings is 1. The molecule has 0 fully saturated rings. The second kappa shape index (κ2) is 9.71. The van der Waals surface area contributed by atoms with Crippen molar-refractivity contribution < 1.29 is 4.79 Å². The van der Waals surface area contributed by atoms with Crippen LogP contribution < -0.4 is 10.6 Å². The largest absolute Gasteiger partial charge is 0.355 e. The molecule has 0 atom stereocenters. The number of nitrogens with one attached hydrogen (secondary N) is 2. The molecule has 0 bridgehead atoms. The highest BCUT2D eigenvalue weighted by atomic mass is 32.1. The number of fused-ring (bicyclic) bond motifs is 1. The topological polar surface area (TPSA) is 60.0 Å². The van der Waals surface area contributed by atoms with E-state index in [4.69, 9.17) is 0 Å². The highest BCUT2D eigenvalue weighted by Crippen LogP contribution is 2.23. The number of guanidine groups is 1. The van der Waals surface area contributed by atoms with Gasteiger partial charge in [0.1, 0.15) is 0 Å². The van der Waals surface area contributed by atoms with Crippen LogP contribution in [0.3, 0.4) is 0 Å². The summed E-state index contributed by atoms with van der Waals surface area (Å²) in [5.74, 6) is 0.811. The Labute approximate surface area is 171 Å². The van der Waals surface area contributed by atoms with Crippen molar-refractivity contribution in [3.63, 3.8) is 0 Å². The first kappa shape index (κ1) is 20.4. The molecule has 150 valence electrons. The van der Waals surface area contributed by atoms with Crippen LogP contribution in [0, 0.1) is 0 Å². The van der Waals surface area contributed by atoms with E-state index in [2.05, 4.69) is 32.0 Å². The lowest BCUT2D eigenvalue weighted by Crippen LogP contribution is -2.42. The van der Waals surface area contributed by atoms with Gasteiger partial charge >= 0.3 is 0 Å².